The molecule has 0 radical (unpaired) electrons. The number of carboxylic acids is 1. The quantitative estimate of drug-likeness (QED) is 0.732. The lowest BCUT2D eigenvalue weighted by Gasteiger charge is -2.28. The molecule has 116 valence electrons. The highest BCUT2D eigenvalue weighted by Gasteiger charge is 2.48. The first kappa shape index (κ1) is 15.7. The van der Waals surface area contributed by atoms with Crippen LogP contribution in [0.5, 0.6) is 0 Å². The number of rotatable bonds is 6. The topological polar surface area (TPSA) is 71.0 Å². The van der Waals surface area contributed by atoms with Gasteiger partial charge in [-0.25, -0.2) is 0 Å². The Hall–Kier alpha value is -0.690. The lowest BCUT2D eigenvalue weighted by Crippen LogP contribution is -2.51. The molecule has 2 N–H and O–H groups in total. The van der Waals surface area contributed by atoms with Crippen molar-refractivity contribution in [1.82, 2.24) is 10.2 Å². The zero-order valence-corrected chi connectivity index (χ0v) is 12.6. The summed E-state index contributed by atoms with van der Waals surface area (Å²) in [7, 11) is 3.41. The molecular formula is C14H26N2O4. The van der Waals surface area contributed by atoms with Gasteiger partial charge in [-0.2, -0.15) is 0 Å². The third-order valence-electron chi connectivity index (χ3n) is 4.78. The summed E-state index contributed by atoms with van der Waals surface area (Å²) in [5.74, 6) is -0.729. The van der Waals surface area contributed by atoms with E-state index in [2.05, 4.69) is 10.2 Å². The van der Waals surface area contributed by atoms with Crippen LogP contribution in [0.3, 0.4) is 0 Å². The van der Waals surface area contributed by atoms with Crippen LogP contribution >= 0.6 is 0 Å². The van der Waals surface area contributed by atoms with E-state index in [4.69, 9.17) is 9.47 Å². The van der Waals surface area contributed by atoms with Crippen LogP contribution in [-0.2, 0) is 14.3 Å². The number of hydrogen-bond donors (Lipinski definition) is 2. The van der Waals surface area contributed by atoms with E-state index in [0.29, 0.717) is 25.4 Å². The Morgan fingerprint density at radius 3 is 2.40 bits per heavy atom. The average molecular weight is 286 g/mol. The number of likely N-dealkylation sites (tertiary alicyclic amines) is 1. The smallest absolute Gasteiger partial charge is 0.323 e. The molecule has 2 rings (SSSR count). The Labute approximate surface area is 120 Å². The van der Waals surface area contributed by atoms with Gasteiger partial charge in [0, 0.05) is 33.4 Å². The van der Waals surface area contributed by atoms with Crippen LogP contribution < -0.4 is 5.32 Å². The van der Waals surface area contributed by atoms with E-state index >= 15 is 0 Å². The first-order valence-corrected chi connectivity index (χ1v) is 7.34. The molecule has 1 saturated heterocycles. The van der Waals surface area contributed by atoms with Crippen molar-refractivity contribution in [3.8, 4) is 0 Å². The number of likely N-dealkylation sites (N-methyl/N-ethyl adjacent to an activating group) is 1. The maximum atomic E-state index is 11.6. The van der Waals surface area contributed by atoms with Crippen LogP contribution in [0, 0.1) is 0 Å². The fraction of sp³-hybridized carbons (Fsp3) is 0.929. The maximum absolute atomic E-state index is 11.6. The second-order valence-corrected chi connectivity index (χ2v) is 5.82. The summed E-state index contributed by atoms with van der Waals surface area (Å²) in [5.41, 5.74) is -0.757. The predicted molar refractivity (Wildman–Crippen MR) is 74.8 cm³/mol. The molecule has 0 aromatic heterocycles. The number of ether oxygens (including phenoxy) is 2. The van der Waals surface area contributed by atoms with Gasteiger partial charge in [-0.05, 0) is 25.8 Å². The highest BCUT2D eigenvalue weighted by molar-refractivity contribution is 5.79. The van der Waals surface area contributed by atoms with Gasteiger partial charge in [0.05, 0.1) is 12.2 Å². The Kier molecular flexibility index (Phi) is 5.01. The van der Waals surface area contributed by atoms with Crippen LogP contribution in [0.1, 0.15) is 26.2 Å². The Balaban J connectivity index is 2.01. The minimum atomic E-state index is -0.757. The van der Waals surface area contributed by atoms with Crippen molar-refractivity contribution in [3.05, 3.63) is 0 Å². The summed E-state index contributed by atoms with van der Waals surface area (Å²) < 4.78 is 10.9. The molecule has 20 heavy (non-hydrogen) atoms. The molecule has 0 amide bonds. The van der Waals surface area contributed by atoms with E-state index < -0.39 is 11.5 Å². The number of nitrogens with one attached hydrogen (secondary N) is 1. The van der Waals surface area contributed by atoms with Crippen molar-refractivity contribution in [2.45, 2.75) is 50.0 Å². The van der Waals surface area contributed by atoms with Crippen LogP contribution in [0.2, 0.25) is 0 Å². The Bertz CT molecular complexity index is 340. The number of aliphatic carboxylic acids is 1. The molecule has 0 bridgehead atoms. The lowest BCUT2D eigenvalue weighted by molar-refractivity contribution is -0.144. The number of hydrogen-bond acceptors (Lipinski definition) is 5. The van der Waals surface area contributed by atoms with Crippen molar-refractivity contribution in [2.24, 2.45) is 0 Å². The molecule has 0 aromatic carbocycles. The van der Waals surface area contributed by atoms with Gasteiger partial charge >= 0.3 is 5.97 Å². The average Bonchev–Trinajstić information content (AvgIpc) is 3.03. The zero-order valence-electron chi connectivity index (χ0n) is 12.6. The predicted octanol–water partition coefficient (Wildman–Crippen LogP) is 0.317. The van der Waals surface area contributed by atoms with Crippen LogP contribution in [0.15, 0.2) is 0 Å². The molecule has 0 aromatic rings. The summed E-state index contributed by atoms with van der Waals surface area (Å²) in [5, 5.41) is 12.7. The second-order valence-electron chi connectivity index (χ2n) is 5.82. The first-order chi connectivity index (χ1) is 9.56. The van der Waals surface area contributed by atoms with Crippen molar-refractivity contribution in [2.75, 3.05) is 33.9 Å². The Morgan fingerprint density at radius 1 is 1.35 bits per heavy atom. The lowest BCUT2D eigenvalue weighted by atomic mass is 9.97. The van der Waals surface area contributed by atoms with E-state index in [1.807, 2.05) is 6.92 Å². The van der Waals surface area contributed by atoms with Crippen LogP contribution in [0.4, 0.5) is 0 Å². The normalized spacial score (nSPS) is 38.5. The largest absolute Gasteiger partial charge is 0.480 e. The van der Waals surface area contributed by atoms with E-state index in [0.717, 1.165) is 19.5 Å². The van der Waals surface area contributed by atoms with Gasteiger partial charge in [-0.1, -0.05) is 6.92 Å². The fourth-order valence-corrected chi connectivity index (χ4v) is 3.62. The molecule has 1 aliphatic heterocycles. The number of carbonyl (C=O) groups is 1. The monoisotopic (exact) mass is 286 g/mol. The summed E-state index contributed by atoms with van der Waals surface area (Å²) in [6, 6.07) is 0.294. The zero-order chi connectivity index (χ0) is 14.8. The van der Waals surface area contributed by atoms with Crippen molar-refractivity contribution >= 4 is 5.97 Å². The molecule has 1 saturated carbocycles. The summed E-state index contributed by atoms with van der Waals surface area (Å²) in [6.07, 6.45) is 2.42. The highest BCUT2D eigenvalue weighted by Crippen LogP contribution is 2.35. The summed E-state index contributed by atoms with van der Waals surface area (Å²) in [6.45, 7) is 4.28. The van der Waals surface area contributed by atoms with E-state index in [1.165, 1.54) is 0 Å². The van der Waals surface area contributed by atoms with Gasteiger partial charge in [0.15, 0.2) is 0 Å². The van der Waals surface area contributed by atoms with E-state index in [-0.39, 0.29) is 12.2 Å². The van der Waals surface area contributed by atoms with Gasteiger partial charge in [0.2, 0.25) is 0 Å². The standard InChI is InChI=1S/C14H26N2O4/c1-4-15-14(13(17)18)6-5-10(7-14)16-8-11(19-2)12(9-16)20-3/h10-12,15H,4-9H2,1-3H3,(H,17,18). The molecule has 4 atom stereocenters. The molecule has 0 spiro atoms. The third kappa shape index (κ3) is 2.83. The molecule has 1 aliphatic carbocycles. The molecule has 4 unspecified atom stereocenters. The molecular weight excluding hydrogens is 260 g/mol. The van der Waals surface area contributed by atoms with Crippen molar-refractivity contribution in [1.29, 1.82) is 0 Å². The summed E-state index contributed by atoms with van der Waals surface area (Å²) >= 11 is 0. The molecule has 2 fully saturated rings. The van der Waals surface area contributed by atoms with Crippen molar-refractivity contribution < 1.29 is 19.4 Å². The molecule has 6 nitrogen and oxygen atoms in total. The minimum Gasteiger partial charge on any atom is -0.480 e. The number of carboxylic acid groups (broad SMARTS) is 1. The Morgan fingerprint density at radius 2 is 1.95 bits per heavy atom. The molecule has 2 aliphatic rings. The second kappa shape index (κ2) is 6.39. The van der Waals surface area contributed by atoms with Crippen LogP contribution in [0.25, 0.3) is 0 Å². The van der Waals surface area contributed by atoms with Gasteiger partial charge in [-0.3, -0.25) is 9.69 Å². The molecule has 6 heteroatoms. The maximum Gasteiger partial charge on any atom is 0.323 e. The van der Waals surface area contributed by atoms with Gasteiger partial charge in [0.1, 0.15) is 5.54 Å². The number of methoxy groups -OCH3 is 2. The highest BCUT2D eigenvalue weighted by atomic mass is 16.5. The minimum absolute atomic E-state index is 0.0824. The van der Waals surface area contributed by atoms with E-state index in [9.17, 15) is 9.90 Å². The van der Waals surface area contributed by atoms with Crippen LogP contribution in [-0.4, -0.2) is 73.6 Å². The van der Waals surface area contributed by atoms with Gasteiger partial charge < -0.3 is 19.9 Å². The first-order valence-electron chi connectivity index (χ1n) is 7.34. The SMILES string of the molecule is CCNC1(C(=O)O)CCC(N2CC(OC)C(OC)C2)C1. The summed E-state index contributed by atoms with van der Waals surface area (Å²) in [4.78, 5) is 13.9. The number of nitrogens with zero attached hydrogens (tertiary/aromatic N) is 1. The van der Waals surface area contributed by atoms with Gasteiger partial charge in [0.25, 0.3) is 0 Å². The molecule has 1 heterocycles. The van der Waals surface area contributed by atoms with Crippen molar-refractivity contribution in [3.63, 3.8) is 0 Å². The third-order valence-corrected chi connectivity index (χ3v) is 4.78. The van der Waals surface area contributed by atoms with Gasteiger partial charge in [-0.15, -0.1) is 0 Å². The fourth-order valence-electron chi connectivity index (χ4n) is 3.62. The van der Waals surface area contributed by atoms with E-state index in [1.54, 1.807) is 14.2 Å².